The van der Waals surface area contributed by atoms with Crippen LogP contribution in [0.4, 0.5) is 5.69 Å². The van der Waals surface area contributed by atoms with Gasteiger partial charge in [-0.3, -0.25) is 10.4 Å². The number of hydrogen-bond acceptors (Lipinski definition) is 6. The second-order valence-corrected chi connectivity index (χ2v) is 5.90. The predicted octanol–water partition coefficient (Wildman–Crippen LogP) is 3.90. The number of benzene rings is 2. The van der Waals surface area contributed by atoms with Gasteiger partial charge in [-0.15, -0.1) is 0 Å². The zero-order valence-electron chi connectivity index (χ0n) is 16.2. The van der Waals surface area contributed by atoms with E-state index in [0.717, 1.165) is 17.0 Å². The van der Waals surface area contributed by atoms with E-state index >= 15 is 0 Å². The lowest BCUT2D eigenvalue weighted by Crippen LogP contribution is -2.20. The predicted molar refractivity (Wildman–Crippen MR) is 113 cm³/mol. The van der Waals surface area contributed by atoms with E-state index in [1.54, 1.807) is 30.6 Å². The smallest absolute Gasteiger partial charge is 0.172 e. The number of nitrogens with one attached hydrogen (secondary N) is 1. The molecule has 0 bridgehead atoms. The zero-order valence-corrected chi connectivity index (χ0v) is 16.2. The lowest BCUT2D eigenvalue weighted by molar-refractivity contribution is 0.340. The molecule has 2 N–H and O–H groups in total. The monoisotopic (exact) mass is 390 g/mol. The van der Waals surface area contributed by atoms with Crippen molar-refractivity contribution in [3.63, 3.8) is 0 Å². The number of hydrazone groups is 1. The summed E-state index contributed by atoms with van der Waals surface area (Å²) in [6, 6.07) is 18.0. The molecule has 0 aliphatic carbocycles. The number of nitrogens with zero attached hydrogens (tertiary/aromatic N) is 3. The topological polar surface area (TPSA) is 88.3 Å². The Kier molecular flexibility index (Phi) is 6.78. The van der Waals surface area contributed by atoms with Gasteiger partial charge in [-0.2, -0.15) is 5.10 Å². The fourth-order valence-corrected chi connectivity index (χ4v) is 2.50. The van der Waals surface area contributed by atoms with Gasteiger partial charge in [-0.1, -0.05) is 6.07 Å². The number of phenolic OH excluding ortho intramolecular Hbond substituents is 1. The molecule has 1 heterocycles. The molecule has 148 valence electrons. The first-order valence-corrected chi connectivity index (χ1v) is 9.08. The lowest BCUT2D eigenvalue weighted by atomic mass is 10.2. The molecular formula is C22H22N4O3. The summed E-state index contributed by atoms with van der Waals surface area (Å²) in [5.41, 5.74) is 5.10. The summed E-state index contributed by atoms with van der Waals surface area (Å²) in [7, 11) is 1.50. The van der Waals surface area contributed by atoms with Gasteiger partial charge in [0.05, 0.1) is 25.6 Å². The van der Waals surface area contributed by atoms with E-state index in [1.165, 1.54) is 7.11 Å². The molecule has 0 amide bonds. The molecule has 29 heavy (non-hydrogen) atoms. The van der Waals surface area contributed by atoms with Crippen LogP contribution in [0.25, 0.3) is 0 Å². The molecule has 3 aromatic rings. The standard InChI is InChI=1S/C22H22N4O3/c1-3-29-18-10-8-17(9-11-18)25-22(19-6-4-5-13-23-19)26-24-15-16-7-12-20(27)21(14-16)28-2/h4-15,27H,3H2,1-2H3,(H,25,26). The van der Waals surface area contributed by atoms with Gasteiger partial charge in [0.2, 0.25) is 0 Å². The van der Waals surface area contributed by atoms with E-state index in [1.807, 2.05) is 49.4 Å². The highest BCUT2D eigenvalue weighted by atomic mass is 16.5. The van der Waals surface area contributed by atoms with Crippen molar-refractivity contribution in [2.45, 2.75) is 6.92 Å². The number of phenols is 1. The number of rotatable bonds is 7. The highest BCUT2D eigenvalue weighted by Crippen LogP contribution is 2.25. The molecule has 0 aliphatic heterocycles. The molecule has 0 saturated carbocycles. The first kappa shape index (κ1) is 19.9. The van der Waals surface area contributed by atoms with Gasteiger partial charge in [-0.05, 0) is 67.1 Å². The maximum absolute atomic E-state index is 9.69. The largest absolute Gasteiger partial charge is 0.504 e. The SMILES string of the molecule is CCOc1ccc(N=C(NN=Cc2ccc(O)c(OC)c2)c2ccccn2)cc1. The Morgan fingerprint density at radius 3 is 2.66 bits per heavy atom. The molecular weight excluding hydrogens is 368 g/mol. The van der Waals surface area contributed by atoms with Gasteiger partial charge in [0.25, 0.3) is 0 Å². The first-order chi connectivity index (χ1) is 14.2. The zero-order chi connectivity index (χ0) is 20.5. The summed E-state index contributed by atoms with van der Waals surface area (Å²) in [6.07, 6.45) is 3.30. The van der Waals surface area contributed by atoms with Crippen molar-refractivity contribution < 1.29 is 14.6 Å². The maximum atomic E-state index is 9.69. The van der Waals surface area contributed by atoms with Crippen LogP contribution < -0.4 is 14.9 Å². The van der Waals surface area contributed by atoms with E-state index in [-0.39, 0.29) is 5.75 Å². The highest BCUT2D eigenvalue weighted by molar-refractivity contribution is 5.99. The van der Waals surface area contributed by atoms with Crippen LogP contribution in [0.2, 0.25) is 0 Å². The van der Waals surface area contributed by atoms with Crippen molar-refractivity contribution in [1.29, 1.82) is 0 Å². The van der Waals surface area contributed by atoms with Gasteiger partial charge in [0, 0.05) is 6.20 Å². The van der Waals surface area contributed by atoms with E-state index in [4.69, 9.17) is 9.47 Å². The Labute approximate surface area is 169 Å². The van der Waals surface area contributed by atoms with Gasteiger partial charge in [0.1, 0.15) is 11.4 Å². The average Bonchev–Trinajstić information content (AvgIpc) is 2.76. The summed E-state index contributed by atoms with van der Waals surface area (Å²) in [5.74, 6) is 1.74. The van der Waals surface area contributed by atoms with Gasteiger partial charge < -0.3 is 14.6 Å². The summed E-state index contributed by atoms with van der Waals surface area (Å²) >= 11 is 0. The van der Waals surface area contributed by atoms with Crippen LogP contribution in [0.3, 0.4) is 0 Å². The molecule has 7 nitrogen and oxygen atoms in total. The number of methoxy groups -OCH3 is 1. The number of ether oxygens (including phenoxy) is 2. The average molecular weight is 390 g/mol. The quantitative estimate of drug-likeness (QED) is 0.363. The van der Waals surface area contributed by atoms with Crippen LogP contribution in [-0.4, -0.2) is 35.9 Å². The molecule has 7 heteroatoms. The van der Waals surface area contributed by atoms with E-state index in [9.17, 15) is 5.11 Å². The van der Waals surface area contributed by atoms with Crippen molar-refractivity contribution >= 4 is 17.7 Å². The van der Waals surface area contributed by atoms with Crippen molar-refractivity contribution in [2.24, 2.45) is 10.1 Å². The molecule has 3 rings (SSSR count). The second-order valence-electron chi connectivity index (χ2n) is 5.90. The number of aromatic hydroxyl groups is 1. The van der Waals surface area contributed by atoms with Crippen molar-refractivity contribution in [3.8, 4) is 17.2 Å². The Hall–Kier alpha value is -3.87. The third-order valence-electron chi connectivity index (χ3n) is 3.88. The number of aromatic nitrogens is 1. The molecule has 0 spiro atoms. The van der Waals surface area contributed by atoms with Crippen LogP contribution in [0, 0.1) is 0 Å². The van der Waals surface area contributed by atoms with Gasteiger partial charge in [-0.25, -0.2) is 4.99 Å². The Balaban J connectivity index is 1.83. The van der Waals surface area contributed by atoms with E-state index in [2.05, 4.69) is 20.5 Å². The molecule has 1 aromatic heterocycles. The third kappa shape index (κ3) is 5.55. The Morgan fingerprint density at radius 1 is 1.14 bits per heavy atom. The van der Waals surface area contributed by atoms with Crippen LogP contribution in [0.1, 0.15) is 18.2 Å². The summed E-state index contributed by atoms with van der Waals surface area (Å²) in [6.45, 7) is 2.55. The first-order valence-electron chi connectivity index (χ1n) is 9.08. The minimum Gasteiger partial charge on any atom is -0.504 e. The molecule has 0 saturated heterocycles. The highest BCUT2D eigenvalue weighted by Gasteiger charge is 2.05. The Bertz CT molecular complexity index is 987. The van der Waals surface area contributed by atoms with Gasteiger partial charge >= 0.3 is 0 Å². The molecule has 2 aromatic carbocycles. The number of hydrogen-bond donors (Lipinski definition) is 2. The second kappa shape index (κ2) is 9.89. The molecule has 0 radical (unpaired) electrons. The Morgan fingerprint density at radius 2 is 1.97 bits per heavy atom. The minimum absolute atomic E-state index is 0.0730. The lowest BCUT2D eigenvalue weighted by Gasteiger charge is -2.07. The summed E-state index contributed by atoms with van der Waals surface area (Å²) in [5, 5.41) is 14.0. The fraction of sp³-hybridized carbons (Fsp3) is 0.136. The number of amidine groups is 1. The molecule has 0 atom stereocenters. The summed E-state index contributed by atoms with van der Waals surface area (Å²) in [4.78, 5) is 8.96. The molecule has 0 fully saturated rings. The van der Waals surface area contributed by atoms with Crippen LogP contribution in [0.5, 0.6) is 17.2 Å². The van der Waals surface area contributed by atoms with Crippen LogP contribution >= 0.6 is 0 Å². The van der Waals surface area contributed by atoms with Crippen LogP contribution in [-0.2, 0) is 0 Å². The molecule has 0 aliphatic rings. The number of aliphatic imine (C=N–C) groups is 1. The normalized spacial score (nSPS) is 11.4. The fourth-order valence-electron chi connectivity index (χ4n) is 2.50. The minimum atomic E-state index is 0.0730. The van der Waals surface area contributed by atoms with Crippen molar-refractivity contribution in [1.82, 2.24) is 10.4 Å². The van der Waals surface area contributed by atoms with Crippen molar-refractivity contribution in [3.05, 3.63) is 78.1 Å². The maximum Gasteiger partial charge on any atom is 0.172 e. The third-order valence-corrected chi connectivity index (χ3v) is 3.88. The molecule has 0 unspecified atom stereocenters. The van der Waals surface area contributed by atoms with Gasteiger partial charge in [0.15, 0.2) is 17.3 Å². The van der Waals surface area contributed by atoms with Crippen molar-refractivity contribution in [2.75, 3.05) is 13.7 Å². The van der Waals surface area contributed by atoms with E-state index < -0.39 is 0 Å². The van der Waals surface area contributed by atoms with E-state index in [0.29, 0.717) is 23.9 Å². The van der Waals surface area contributed by atoms with Crippen LogP contribution in [0.15, 0.2) is 77.0 Å². The number of pyridine rings is 1. The summed E-state index contributed by atoms with van der Waals surface area (Å²) < 4.78 is 10.6.